The number of para-hydroxylation sites is 1. The van der Waals surface area contributed by atoms with E-state index in [1.54, 1.807) is 30.3 Å². The molecular formula is C19H11Cl2N3OS. The number of pyridine rings is 1. The molecule has 7 heteroatoms. The number of nitrogens with one attached hydrogen (secondary N) is 1. The van der Waals surface area contributed by atoms with Crippen molar-refractivity contribution in [1.82, 2.24) is 9.97 Å². The summed E-state index contributed by atoms with van der Waals surface area (Å²) in [7, 11) is 0. The van der Waals surface area contributed by atoms with Crippen LogP contribution in [0.2, 0.25) is 10.2 Å². The van der Waals surface area contributed by atoms with Crippen LogP contribution in [0.25, 0.3) is 20.8 Å². The number of benzene rings is 2. The molecule has 4 nitrogen and oxygen atoms in total. The lowest BCUT2D eigenvalue weighted by Crippen LogP contribution is -2.13. The summed E-state index contributed by atoms with van der Waals surface area (Å²) in [6.45, 7) is 0. The van der Waals surface area contributed by atoms with Gasteiger partial charge in [-0.1, -0.05) is 35.3 Å². The summed E-state index contributed by atoms with van der Waals surface area (Å²) in [5.74, 6) is -0.340. The number of hydrogen-bond donors (Lipinski definition) is 1. The van der Waals surface area contributed by atoms with Crippen molar-refractivity contribution in [3.8, 4) is 10.6 Å². The van der Waals surface area contributed by atoms with E-state index in [0.29, 0.717) is 16.3 Å². The minimum Gasteiger partial charge on any atom is -0.321 e. The molecule has 0 radical (unpaired) electrons. The van der Waals surface area contributed by atoms with Crippen LogP contribution in [0.1, 0.15) is 10.4 Å². The zero-order valence-electron chi connectivity index (χ0n) is 13.2. The summed E-state index contributed by atoms with van der Waals surface area (Å²) in [5.41, 5.74) is 2.57. The molecule has 4 aromatic rings. The summed E-state index contributed by atoms with van der Waals surface area (Å²) in [6.07, 6.45) is 1.54. The molecule has 4 rings (SSSR count). The number of carbonyl (C=O) groups is 1. The fourth-order valence-corrected chi connectivity index (χ4v) is 3.91. The molecule has 0 aliphatic carbocycles. The minimum absolute atomic E-state index is 0.153. The number of nitrogens with zero attached hydrogens (tertiary/aromatic N) is 2. The molecule has 128 valence electrons. The van der Waals surface area contributed by atoms with Crippen molar-refractivity contribution >= 4 is 56.3 Å². The normalized spacial score (nSPS) is 10.8. The maximum absolute atomic E-state index is 12.6. The van der Waals surface area contributed by atoms with Crippen LogP contribution < -0.4 is 5.32 Å². The third-order valence-corrected chi connectivity index (χ3v) is 5.36. The SMILES string of the molecule is O=C(Nc1ccc(Cl)cc1-c1nc2ccccc2s1)c1cccnc1Cl. The Morgan fingerprint density at radius 1 is 1.04 bits per heavy atom. The fourth-order valence-electron chi connectivity index (χ4n) is 2.53. The van der Waals surface area contributed by atoms with Crippen LogP contribution in [0.5, 0.6) is 0 Å². The largest absolute Gasteiger partial charge is 0.321 e. The van der Waals surface area contributed by atoms with E-state index in [2.05, 4.69) is 15.3 Å². The summed E-state index contributed by atoms with van der Waals surface area (Å²) in [4.78, 5) is 21.2. The third-order valence-electron chi connectivity index (χ3n) is 3.76. The smallest absolute Gasteiger partial charge is 0.258 e. The van der Waals surface area contributed by atoms with Gasteiger partial charge in [-0.05, 0) is 42.5 Å². The van der Waals surface area contributed by atoms with E-state index < -0.39 is 0 Å². The molecular weight excluding hydrogens is 389 g/mol. The molecule has 0 unspecified atom stereocenters. The van der Waals surface area contributed by atoms with Gasteiger partial charge in [0, 0.05) is 16.8 Å². The molecule has 0 bridgehead atoms. The summed E-state index contributed by atoms with van der Waals surface area (Å²) < 4.78 is 1.06. The molecule has 2 aromatic heterocycles. The first-order valence-corrected chi connectivity index (χ1v) is 9.26. The molecule has 26 heavy (non-hydrogen) atoms. The van der Waals surface area contributed by atoms with Gasteiger partial charge in [-0.25, -0.2) is 9.97 Å². The van der Waals surface area contributed by atoms with E-state index in [-0.39, 0.29) is 11.1 Å². The Hall–Kier alpha value is -2.47. The van der Waals surface area contributed by atoms with Gasteiger partial charge in [0.25, 0.3) is 5.91 Å². The molecule has 2 heterocycles. The van der Waals surface area contributed by atoms with E-state index in [9.17, 15) is 4.79 Å². The van der Waals surface area contributed by atoms with Crippen LogP contribution in [0.4, 0.5) is 5.69 Å². The maximum atomic E-state index is 12.6. The number of hydrogen-bond acceptors (Lipinski definition) is 4. The Morgan fingerprint density at radius 2 is 1.88 bits per heavy atom. The van der Waals surface area contributed by atoms with Crippen LogP contribution in [0.15, 0.2) is 60.8 Å². The van der Waals surface area contributed by atoms with Gasteiger partial charge in [-0.2, -0.15) is 0 Å². The first kappa shape index (κ1) is 17.0. The van der Waals surface area contributed by atoms with Gasteiger partial charge in [0.15, 0.2) is 0 Å². The number of fused-ring (bicyclic) bond motifs is 1. The van der Waals surface area contributed by atoms with Crippen molar-refractivity contribution in [2.24, 2.45) is 0 Å². The van der Waals surface area contributed by atoms with Crippen molar-refractivity contribution in [2.75, 3.05) is 5.32 Å². The zero-order chi connectivity index (χ0) is 18.1. The minimum atomic E-state index is -0.340. The monoisotopic (exact) mass is 399 g/mol. The van der Waals surface area contributed by atoms with Crippen molar-refractivity contribution in [3.63, 3.8) is 0 Å². The fraction of sp³-hybridized carbons (Fsp3) is 0. The average Bonchev–Trinajstić information content (AvgIpc) is 3.07. The second-order valence-corrected chi connectivity index (χ2v) is 7.30. The van der Waals surface area contributed by atoms with Crippen LogP contribution >= 0.6 is 34.5 Å². The summed E-state index contributed by atoms with van der Waals surface area (Å²) in [6, 6.07) is 16.4. The van der Waals surface area contributed by atoms with Crippen molar-refractivity contribution < 1.29 is 4.79 Å². The number of carbonyl (C=O) groups excluding carboxylic acids is 1. The van der Waals surface area contributed by atoms with Gasteiger partial charge < -0.3 is 5.32 Å². The predicted molar refractivity (Wildman–Crippen MR) is 107 cm³/mol. The topological polar surface area (TPSA) is 54.9 Å². The van der Waals surface area contributed by atoms with E-state index in [1.807, 2.05) is 24.3 Å². The highest BCUT2D eigenvalue weighted by Gasteiger charge is 2.16. The lowest BCUT2D eigenvalue weighted by Gasteiger charge is -2.10. The number of rotatable bonds is 3. The van der Waals surface area contributed by atoms with Gasteiger partial charge in [0.2, 0.25) is 0 Å². The molecule has 2 aromatic carbocycles. The van der Waals surface area contributed by atoms with Crippen LogP contribution in [-0.4, -0.2) is 15.9 Å². The van der Waals surface area contributed by atoms with E-state index in [0.717, 1.165) is 20.8 Å². The second kappa shape index (κ2) is 7.03. The van der Waals surface area contributed by atoms with Gasteiger partial charge in [0.1, 0.15) is 10.2 Å². The summed E-state index contributed by atoms with van der Waals surface area (Å²) in [5, 5.41) is 4.38. The number of halogens is 2. The molecule has 0 aliphatic rings. The number of aromatic nitrogens is 2. The van der Waals surface area contributed by atoms with Crippen LogP contribution in [0, 0.1) is 0 Å². The van der Waals surface area contributed by atoms with E-state index in [1.165, 1.54) is 17.5 Å². The summed E-state index contributed by atoms with van der Waals surface area (Å²) >= 11 is 13.7. The Balaban J connectivity index is 1.75. The standard InChI is InChI=1S/C19H11Cl2N3OS/c20-11-7-8-14(23-18(25)12-4-3-9-22-17(12)21)13(10-11)19-24-15-5-1-2-6-16(15)26-19/h1-10H,(H,23,25). The Morgan fingerprint density at radius 3 is 2.69 bits per heavy atom. The number of thiazole rings is 1. The molecule has 1 amide bonds. The zero-order valence-corrected chi connectivity index (χ0v) is 15.6. The molecule has 0 aliphatic heterocycles. The highest BCUT2D eigenvalue weighted by Crippen LogP contribution is 2.36. The van der Waals surface area contributed by atoms with Gasteiger partial charge in [-0.3, -0.25) is 4.79 Å². The number of amides is 1. The van der Waals surface area contributed by atoms with Crippen molar-refractivity contribution in [1.29, 1.82) is 0 Å². The van der Waals surface area contributed by atoms with Crippen molar-refractivity contribution in [2.45, 2.75) is 0 Å². The highest BCUT2D eigenvalue weighted by atomic mass is 35.5. The first-order valence-electron chi connectivity index (χ1n) is 7.69. The molecule has 0 fully saturated rings. The molecule has 0 atom stereocenters. The average molecular weight is 400 g/mol. The van der Waals surface area contributed by atoms with Gasteiger partial charge >= 0.3 is 0 Å². The van der Waals surface area contributed by atoms with Gasteiger partial charge in [-0.15, -0.1) is 11.3 Å². The molecule has 1 N–H and O–H groups in total. The van der Waals surface area contributed by atoms with E-state index >= 15 is 0 Å². The maximum Gasteiger partial charge on any atom is 0.258 e. The molecule has 0 saturated carbocycles. The van der Waals surface area contributed by atoms with Crippen LogP contribution in [0.3, 0.4) is 0 Å². The second-order valence-electron chi connectivity index (χ2n) is 5.47. The Labute approximate surface area is 163 Å². The lowest BCUT2D eigenvalue weighted by atomic mass is 10.1. The first-order chi connectivity index (χ1) is 12.6. The van der Waals surface area contributed by atoms with Crippen molar-refractivity contribution in [3.05, 3.63) is 76.5 Å². The van der Waals surface area contributed by atoms with Gasteiger partial charge in [0.05, 0.1) is 21.5 Å². The van der Waals surface area contributed by atoms with E-state index in [4.69, 9.17) is 23.2 Å². The molecule has 0 saturated heterocycles. The van der Waals surface area contributed by atoms with Crippen LogP contribution in [-0.2, 0) is 0 Å². The predicted octanol–water partition coefficient (Wildman–Crippen LogP) is 5.92. The third kappa shape index (κ3) is 3.29. The lowest BCUT2D eigenvalue weighted by molar-refractivity contribution is 0.102. The Kier molecular flexibility index (Phi) is 4.59. The Bertz CT molecular complexity index is 1090. The highest BCUT2D eigenvalue weighted by molar-refractivity contribution is 7.21. The molecule has 0 spiro atoms. The number of anilines is 1. The quantitative estimate of drug-likeness (QED) is 0.435.